The number of nitro groups is 1. The van der Waals surface area contributed by atoms with E-state index in [1.807, 2.05) is 0 Å². The van der Waals surface area contributed by atoms with Crippen LogP contribution in [0.1, 0.15) is 27.7 Å². The fourth-order valence-electron chi connectivity index (χ4n) is 2.52. The minimum atomic E-state index is -1.92. The van der Waals surface area contributed by atoms with Gasteiger partial charge in [-0.05, 0) is 6.07 Å². The number of hydrogen-bond acceptors (Lipinski definition) is 11. The molecule has 0 bridgehead atoms. The molecule has 0 aliphatic carbocycles. The summed E-state index contributed by atoms with van der Waals surface area (Å²) >= 11 is 0. The van der Waals surface area contributed by atoms with Crippen LogP contribution in [0.15, 0.2) is 24.3 Å². The third-order valence-corrected chi connectivity index (χ3v) is 3.65. The van der Waals surface area contributed by atoms with E-state index in [1.54, 1.807) is 0 Å². The van der Waals surface area contributed by atoms with Crippen molar-refractivity contribution in [1.82, 2.24) is 0 Å². The molecule has 1 aromatic rings. The molecule has 0 radical (unpaired) electrons. The molecule has 13 nitrogen and oxygen atoms in total. The number of hydrogen-bond donors (Lipinski definition) is 1. The Morgan fingerprint density at radius 3 is 1.97 bits per heavy atom. The molecule has 32 heavy (non-hydrogen) atoms. The van der Waals surface area contributed by atoms with Gasteiger partial charge in [-0.3, -0.25) is 34.1 Å². The molecule has 1 rings (SSSR count). The number of carbonyl (C=O) groups excluding carboxylic acids is 5. The summed E-state index contributed by atoms with van der Waals surface area (Å²) in [7, 11) is 0. The number of carbonyl (C=O) groups is 5. The molecular weight excluding hydrogens is 432 g/mol. The second-order valence-corrected chi connectivity index (χ2v) is 6.32. The lowest BCUT2D eigenvalue weighted by Gasteiger charge is -2.30. The van der Waals surface area contributed by atoms with Gasteiger partial charge in [0.2, 0.25) is 6.10 Å². The van der Waals surface area contributed by atoms with Crippen molar-refractivity contribution in [3.8, 4) is 0 Å². The Morgan fingerprint density at radius 2 is 1.47 bits per heavy atom. The van der Waals surface area contributed by atoms with Crippen LogP contribution in [0.2, 0.25) is 0 Å². The number of nitrogens with one attached hydrogen (secondary N) is 1. The van der Waals surface area contributed by atoms with Crippen LogP contribution < -0.4 is 5.32 Å². The third kappa shape index (κ3) is 8.38. The van der Waals surface area contributed by atoms with Crippen LogP contribution in [0, 0.1) is 10.1 Å². The highest BCUT2D eigenvalue weighted by molar-refractivity contribution is 5.97. The first kappa shape index (κ1) is 26.0. The summed E-state index contributed by atoms with van der Waals surface area (Å²) in [5.74, 6) is -4.68. The number of nitrogens with zero attached hydrogens (tertiary/aromatic N) is 1. The average Bonchev–Trinajstić information content (AvgIpc) is 2.67. The molecule has 0 unspecified atom stereocenters. The topological polar surface area (TPSA) is 177 Å². The molecule has 1 N–H and O–H groups in total. The Labute approximate surface area is 182 Å². The molecule has 13 heteroatoms. The van der Waals surface area contributed by atoms with E-state index in [9.17, 15) is 34.1 Å². The zero-order valence-electron chi connectivity index (χ0n) is 17.7. The van der Waals surface area contributed by atoms with Gasteiger partial charge in [0.25, 0.3) is 11.6 Å². The summed E-state index contributed by atoms with van der Waals surface area (Å²) < 4.78 is 19.9. The molecule has 1 amide bonds. The van der Waals surface area contributed by atoms with Crippen molar-refractivity contribution >= 4 is 41.2 Å². The van der Waals surface area contributed by atoms with Crippen LogP contribution in [0.25, 0.3) is 0 Å². The molecule has 0 saturated heterocycles. The molecular formula is C19H22N2O11. The average molecular weight is 454 g/mol. The van der Waals surface area contributed by atoms with Gasteiger partial charge in [0.1, 0.15) is 12.3 Å². The summed E-state index contributed by atoms with van der Waals surface area (Å²) in [6, 6.07) is 5.14. The van der Waals surface area contributed by atoms with Gasteiger partial charge in [-0.1, -0.05) is 12.1 Å². The summed E-state index contributed by atoms with van der Waals surface area (Å²) in [5, 5.41) is 13.4. The molecule has 0 aromatic heterocycles. The van der Waals surface area contributed by atoms with Gasteiger partial charge in [0, 0.05) is 33.8 Å². The monoisotopic (exact) mass is 454 g/mol. The van der Waals surface area contributed by atoms with Gasteiger partial charge in [-0.25, -0.2) is 0 Å². The van der Waals surface area contributed by atoms with Gasteiger partial charge in [0.05, 0.1) is 4.92 Å². The van der Waals surface area contributed by atoms with Gasteiger partial charge in [0.15, 0.2) is 12.2 Å². The minimum Gasteiger partial charge on any atom is -0.462 e. The SMILES string of the molecule is CC(=O)OC[C@@H](OC(C)=O)[C@@H](OC(C)=O)[C@H](OC(C)=O)C(=O)Nc1ccccc1[N+](=O)[O-]. The summed E-state index contributed by atoms with van der Waals surface area (Å²) in [6.07, 6.45) is -5.21. The van der Waals surface area contributed by atoms with Crippen LogP contribution in [0.4, 0.5) is 11.4 Å². The number of rotatable bonds is 10. The van der Waals surface area contributed by atoms with E-state index in [1.165, 1.54) is 18.2 Å². The first-order valence-electron chi connectivity index (χ1n) is 9.11. The summed E-state index contributed by atoms with van der Waals surface area (Å²) in [4.78, 5) is 69.4. The Hall–Kier alpha value is -4.03. The number of anilines is 1. The maximum Gasteiger partial charge on any atom is 0.303 e. The van der Waals surface area contributed by atoms with Crippen molar-refractivity contribution in [3.05, 3.63) is 34.4 Å². The van der Waals surface area contributed by atoms with Crippen LogP contribution in [-0.4, -0.2) is 59.6 Å². The quantitative estimate of drug-likeness (QED) is 0.230. The highest BCUT2D eigenvalue weighted by Gasteiger charge is 2.42. The summed E-state index contributed by atoms with van der Waals surface area (Å²) in [6.45, 7) is 3.39. The first-order valence-corrected chi connectivity index (χ1v) is 9.11. The zero-order valence-corrected chi connectivity index (χ0v) is 17.7. The maximum atomic E-state index is 12.9. The lowest BCUT2D eigenvalue weighted by Crippen LogP contribution is -2.52. The van der Waals surface area contributed by atoms with Gasteiger partial charge < -0.3 is 24.3 Å². The summed E-state index contributed by atoms with van der Waals surface area (Å²) in [5.41, 5.74) is -0.687. The van der Waals surface area contributed by atoms with Crippen LogP contribution >= 0.6 is 0 Å². The van der Waals surface area contributed by atoms with E-state index < -0.39 is 65.3 Å². The molecule has 0 heterocycles. The van der Waals surface area contributed by atoms with E-state index in [0.717, 1.165) is 33.8 Å². The predicted octanol–water partition coefficient (Wildman–Crippen LogP) is 0.892. The molecule has 1 aromatic carbocycles. The van der Waals surface area contributed by atoms with Crippen molar-refractivity contribution in [1.29, 1.82) is 0 Å². The smallest absolute Gasteiger partial charge is 0.303 e. The molecule has 0 fully saturated rings. The number of nitro benzene ring substituents is 1. The number of amides is 1. The highest BCUT2D eigenvalue weighted by atomic mass is 16.6. The molecule has 0 saturated carbocycles. The minimum absolute atomic E-state index is 0.231. The molecule has 0 aliphatic rings. The van der Waals surface area contributed by atoms with Gasteiger partial charge >= 0.3 is 23.9 Å². The van der Waals surface area contributed by atoms with Crippen molar-refractivity contribution in [3.63, 3.8) is 0 Å². The Balaban J connectivity index is 3.38. The number of ether oxygens (including phenoxy) is 4. The Bertz CT molecular complexity index is 899. The number of benzene rings is 1. The van der Waals surface area contributed by atoms with Crippen molar-refractivity contribution in [2.24, 2.45) is 0 Å². The van der Waals surface area contributed by atoms with E-state index in [0.29, 0.717) is 0 Å². The number of esters is 4. The van der Waals surface area contributed by atoms with Gasteiger partial charge in [-0.2, -0.15) is 0 Å². The molecule has 0 spiro atoms. The fraction of sp³-hybridized carbons (Fsp3) is 0.421. The van der Waals surface area contributed by atoms with Crippen molar-refractivity contribution < 1.29 is 47.8 Å². The highest BCUT2D eigenvalue weighted by Crippen LogP contribution is 2.24. The lowest BCUT2D eigenvalue weighted by molar-refractivity contribution is -0.383. The normalized spacial score (nSPS) is 13.0. The fourth-order valence-corrected chi connectivity index (χ4v) is 2.52. The Morgan fingerprint density at radius 1 is 0.906 bits per heavy atom. The van der Waals surface area contributed by atoms with Crippen LogP contribution in [-0.2, 0) is 42.9 Å². The maximum absolute atomic E-state index is 12.9. The second kappa shape index (κ2) is 12.0. The van der Waals surface area contributed by atoms with Crippen molar-refractivity contribution in [2.75, 3.05) is 11.9 Å². The predicted molar refractivity (Wildman–Crippen MR) is 105 cm³/mol. The Kier molecular flexibility index (Phi) is 9.73. The third-order valence-electron chi connectivity index (χ3n) is 3.65. The lowest BCUT2D eigenvalue weighted by atomic mass is 10.1. The molecule has 3 atom stereocenters. The second-order valence-electron chi connectivity index (χ2n) is 6.32. The van der Waals surface area contributed by atoms with Gasteiger partial charge in [-0.15, -0.1) is 0 Å². The van der Waals surface area contributed by atoms with E-state index in [-0.39, 0.29) is 5.69 Å². The van der Waals surface area contributed by atoms with E-state index >= 15 is 0 Å². The first-order chi connectivity index (χ1) is 14.9. The molecule has 0 aliphatic heterocycles. The largest absolute Gasteiger partial charge is 0.462 e. The van der Waals surface area contributed by atoms with Crippen molar-refractivity contribution in [2.45, 2.75) is 46.0 Å². The zero-order chi connectivity index (χ0) is 24.4. The van der Waals surface area contributed by atoms with Crippen LogP contribution in [0.3, 0.4) is 0 Å². The number of para-hydroxylation sites is 2. The van der Waals surface area contributed by atoms with Crippen LogP contribution in [0.5, 0.6) is 0 Å². The standard InChI is InChI=1S/C19H22N2O11/c1-10(22)29-9-16(30-11(2)23)17(31-12(3)24)18(32-13(4)25)19(26)20-14-7-5-6-8-15(14)21(27)28/h5-8,16-18H,9H2,1-4H3,(H,20,26)/t16-,17-,18+/m1/s1. The van der Waals surface area contributed by atoms with E-state index in [2.05, 4.69) is 5.32 Å². The van der Waals surface area contributed by atoms with E-state index in [4.69, 9.17) is 18.9 Å². The molecule has 174 valence electrons.